The van der Waals surface area contributed by atoms with Crippen molar-refractivity contribution >= 4 is 31.3 Å². The zero-order valence-electron chi connectivity index (χ0n) is 34.2. The SMILES string of the molecule is C#Cc1cncn1CC1(c2ccc(Oc3ccc(C)cc3)cc2Cl)OCCO1.Cc1ccc(Oc2ccc(C3(Cn4cncc4C#C[Si](C)(C)C)OCCO3)c(Cl)c2)cc1. The van der Waals surface area contributed by atoms with Gasteiger partial charge in [-0.2, -0.15) is 0 Å². The summed E-state index contributed by atoms with van der Waals surface area (Å²) in [5.41, 5.74) is 8.70. The van der Waals surface area contributed by atoms with Gasteiger partial charge in [0.05, 0.1) is 74.6 Å². The molecule has 0 radical (unpaired) electrons. The van der Waals surface area contributed by atoms with Gasteiger partial charge in [-0.3, -0.25) is 0 Å². The number of terminal acetylenes is 1. The summed E-state index contributed by atoms with van der Waals surface area (Å²) < 4.78 is 39.8. The van der Waals surface area contributed by atoms with E-state index in [0.29, 0.717) is 66.8 Å². The Balaban J connectivity index is 0.000000183. The lowest BCUT2D eigenvalue weighted by Crippen LogP contribution is -2.33. The Morgan fingerprint density at radius 2 is 1.03 bits per heavy atom. The van der Waals surface area contributed by atoms with Crippen LogP contribution in [-0.2, 0) is 43.6 Å². The Hall–Kier alpha value is -5.34. The summed E-state index contributed by atoms with van der Waals surface area (Å²) >= 11 is 13.3. The summed E-state index contributed by atoms with van der Waals surface area (Å²) in [5, 5.41) is 1.01. The predicted octanol–water partition coefficient (Wildman–Crippen LogP) is 10.3. The summed E-state index contributed by atoms with van der Waals surface area (Å²) in [6.45, 7) is 13.4. The van der Waals surface area contributed by atoms with Gasteiger partial charge in [0.25, 0.3) is 0 Å². The average Bonchev–Trinajstić information content (AvgIpc) is 4.06. The summed E-state index contributed by atoms with van der Waals surface area (Å²) in [7, 11) is -1.51. The number of ether oxygens (including phenoxy) is 6. The van der Waals surface area contributed by atoms with Crippen molar-refractivity contribution < 1.29 is 28.4 Å². The molecule has 0 N–H and O–H groups in total. The molecule has 2 fully saturated rings. The number of halogens is 2. The molecule has 0 aliphatic carbocycles. The van der Waals surface area contributed by atoms with Crippen LogP contribution in [0.4, 0.5) is 0 Å². The molecule has 308 valence electrons. The third-order valence-corrected chi connectivity index (χ3v) is 11.1. The monoisotopic (exact) mass is 860 g/mol. The number of imidazole rings is 2. The Bertz CT molecular complexity index is 2520. The van der Waals surface area contributed by atoms with Crippen molar-refractivity contribution in [1.29, 1.82) is 0 Å². The number of nitrogens with zero attached hydrogens (tertiary/aromatic N) is 4. The molecule has 0 amide bonds. The summed E-state index contributed by atoms with van der Waals surface area (Å²) in [6, 6.07) is 26.8. The molecule has 13 heteroatoms. The maximum atomic E-state index is 6.70. The van der Waals surface area contributed by atoms with Gasteiger partial charge in [0.2, 0.25) is 11.6 Å². The molecular weight excluding hydrogens is 816 g/mol. The third-order valence-electron chi connectivity index (χ3n) is 9.62. The smallest absolute Gasteiger partial charge is 0.215 e. The van der Waals surface area contributed by atoms with Gasteiger partial charge in [0, 0.05) is 11.1 Å². The first-order chi connectivity index (χ1) is 28.8. The standard InChI is InChI=1S/C25H27ClN2O3Si.C22H19ClN2O3/c1-19-5-7-21(8-6-19)31-22-9-10-23(24(26)15-22)25(29-12-13-30-25)17-28-18-27-16-20(28)11-14-32(2,3)4;1-3-17-13-24-15-25(17)14-22(26-10-11-27-22)20-9-8-19(12-21(20)23)28-18-6-4-16(2)5-7-18/h5-10,15-16,18H,12-13,17H2,1-4H3;1,4-9,12-13,15H,10-11,14H2,2H3. The van der Waals surface area contributed by atoms with E-state index in [0.717, 1.165) is 28.3 Å². The van der Waals surface area contributed by atoms with Crippen LogP contribution in [0.5, 0.6) is 23.0 Å². The fourth-order valence-electron chi connectivity index (χ4n) is 6.61. The minimum absolute atomic E-state index is 0.352. The van der Waals surface area contributed by atoms with Crippen molar-refractivity contribution in [1.82, 2.24) is 19.1 Å². The van der Waals surface area contributed by atoms with Crippen LogP contribution in [0, 0.1) is 37.7 Å². The maximum absolute atomic E-state index is 6.70. The van der Waals surface area contributed by atoms with E-state index in [-0.39, 0.29) is 0 Å². The highest BCUT2D eigenvalue weighted by Gasteiger charge is 2.42. The van der Waals surface area contributed by atoms with Gasteiger partial charge in [0.15, 0.2) is 0 Å². The molecule has 60 heavy (non-hydrogen) atoms. The van der Waals surface area contributed by atoms with Crippen molar-refractivity contribution in [3.05, 3.63) is 154 Å². The van der Waals surface area contributed by atoms with Gasteiger partial charge >= 0.3 is 0 Å². The highest BCUT2D eigenvalue weighted by atomic mass is 35.5. The van der Waals surface area contributed by atoms with Crippen LogP contribution in [0.3, 0.4) is 0 Å². The number of aromatic nitrogens is 4. The summed E-state index contributed by atoms with van der Waals surface area (Å²) in [4.78, 5) is 8.40. The molecule has 0 atom stereocenters. The summed E-state index contributed by atoms with van der Waals surface area (Å²) in [6.07, 6.45) is 12.4. The summed E-state index contributed by atoms with van der Waals surface area (Å²) in [5.74, 6) is 6.65. The molecule has 4 aromatic carbocycles. The number of benzene rings is 4. The molecule has 0 unspecified atom stereocenters. The fraction of sp³-hybridized carbons (Fsp3) is 0.277. The van der Waals surface area contributed by atoms with E-state index in [1.54, 1.807) is 37.2 Å². The van der Waals surface area contributed by atoms with E-state index in [1.807, 2.05) is 95.8 Å². The first kappa shape index (κ1) is 42.8. The van der Waals surface area contributed by atoms with Crippen LogP contribution in [0.2, 0.25) is 29.7 Å². The first-order valence-corrected chi connectivity index (χ1v) is 23.7. The van der Waals surface area contributed by atoms with Crippen molar-refractivity contribution in [2.75, 3.05) is 26.4 Å². The highest BCUT2D eigenvalue weighted by molar-refractivity contribution is 6.83. The lowest BCUT2D eigenvalue weighted by atomic mass is 10.0. The van der Waals surface area contributed by atoms with Crippen LogP contribution >= 0.6 is 23.2 Å². The molecule has 2 aliphatic rings. The molecule has 0 saturated carbocycles. The van der Waals surface area contributed by atoms with E-state index in [4.69, 9.17) is 58.0 Å². The van der Waals surface area contributed by atoms with Crippen LogP contribution in [0.25, 0.3) is 0 Å². The zero-order valence-corrected chi connectivity index (χ0v) is 36.7. The highest BCUT2D eigenvalue weighted by Crippen LogP contribution is 2.41. The second-order valence-corrected chi connectivity index (χ2v) is 21.0. The molecule has 0 spiro atoms. The lowest BCUT2D eigenvalue weighted by Gasteiger charge is -2.29. The van der Waals surface area contributed by atoms with Gasteiger partial charge < -0.3 is 37.6 Å². The van der Waals surface area contributed by atoms with Crippen molar-refractivity contribution in [2.24, 2.45) is 0 Å². The molecule has 2 aromatic heterocycles. The van der Waals surface area contributed by atoms with Crippen LogP contribution < -0.4 is 9.47 Å². The Labute approximate surface area is 362 Å². The minimum Gasteiger partial charge on any atom is -0.457 e. The minimum atomic E-state index is -1.51. The van der Waals surface area contributed by atoms with E-state index < -0.39 is 19.6 Å². The predicted molar refractivity (Wildman–Crippen MR) is 235 cm³/mol. The van der Waals surface area contributed by atoms with Gasteiger partial charge in [0.1, 0.15) is 42.5 Å². The van der Waals surface area contributed by atoms with E-state index >= 15 is 0 Å². The molecule has 0 bridgehead atoms. The Kier molecular flexibility index (Phi) is 13.2. The molecule has 2 aliphatic heterocycles. The lowest BCUT2D eigenvalue weighted by molar-refractivity contribution is -0.176. The van der Waals surface area contributed by atoms with Gasteiger partial charge in [-0.05, 0) is 74.5 Å². The van der Waals surface area contributed by atoms with Crippen molar-refractivity contribution in [2.45, 2.75) is 58.2 Å². The quantitative estimate of drug-likeness (QED) is 0.0994. The maximum Gasteiger partial charge on any atom is 0.215 e. The number of hydrogen-bond donors (Lipinski definition) is 0. The topological polar surface area (TPSA) is 91.0 Å². The van der Waals surface area contributed by atoms with E-state index in [2.05, 4.69) is 47.0 Å². The zero-order chi connectivity index (χ0) is 42.3. The second-order valence-electron chi connectivity index (χ2n) is 15.5. The van der Waals surface area contributed by atoms with Gasteiger partial charge in [-0.15, -0.1) is 12.0 Å². The normalized spacial score (nSPS) is 15.3. The number of aryl methyl sites for hydroxylation is 2. The van der Waals surface area contributed by atoms with Gasteiger partial charge in [-0.1, -0.05) is 90.1 Å². The van der Waals surface area contributed by atoms with Crippen molar-refractivity contribution in [3.63, 3.8) is 0 Å². The molecule has 4 heterocycles. The first-order valence-electron chi connectivity index (χ1n) is 19.5. The van der Waals surface area contributed by atoms with Crippen LogP contribution in [0.1, 0.15) is 33.6 Å². The van der Waals surface area contributed by atoms with Crippen LogP contribution in [0.15, 0.2) is 110 Å². The van der Waals surface area contributed by atoms with Crippen molar-refractivity contribution in [3.8, 4) is 46.8 Å². The molecule has 6 aromatic rings. The van der Waals surface area contributed by atoms with Crippen LogP contribution in [-0.4, -0.2) is 53.6 Å². The molecule has 8 rings (SSSR count). The third kappa shape index (κ3) is 10.3. The average molecular weight is 862 g/mol. The van der Waals surface area contributed by atoms with E-state index in [1.165, 1.54) is 11.1 Å². The number of hydrogen-bond acceptors (Lipinski definition) is 8. The van der Waals surface area contributed by atoms with Gasteiger partial charge in [-0.25, -0.2) is 9.97 Å². The largest absolute Gasteiger partial charge is 0.457 e. The number of rotatable bonds is 10. The second kappa shape index (κ2) is 18.5. The van der Waals surface area contributed by atoms with E-state index in [9.17, 15) is 0 Å². The molecular formula is C47H46Cl2N4O6Si. The fourth-order valence-corrected chi connectivity index (χ4v) is 7.74. The Morgan fingerprint density at radius 1 is 0.633 bits per heavy atom. The molecule has 10 nitrogen and oxygen atoms in total. The Morgan fingerprint density at radius 3 is 1.43 bits per heavy atom. The molecule has 2 saturated heterocycles.